The summed E-state index contributed by atoms with van der Waals surface area (Å²) in [5, 5.41) is 8.24. The van der Waals surface area contributed by atoms with Crippen LogP contribution in [-0.2, 0) is 13.5 Å². The lowest BCUT2D eigenvalue weighted by Gasteiger charge is -2.24. The van der Waals surface area contributed by atoms with Crippen molar-refractivity contribution in [2.75, 3.05) is 6.54 Å². The average Bonchev–Trinajstić information content (AvgIpc) is 2.95. The summed E-state index contributed by atoms with van der Waals surface area (Å²) in [6.07, 6.45) is 6.54. The molecular formula is C14H25N3. The molecule has 1 unspecified atom stereocenters. The molecule has 17 heavy (non-hydrogen) atoms. The van der Waals surface area contributed by atoms with Crippen molar-refractivity contribution in [2.24, 2.45) is 13.0 Å². The Labute approximate surface area is 105 Å². The first-order valence-corrected chi connectivity index (χ1v) is 7.02. The maximum Gasteiger partial charge on any atom is 0.0625 e. The van der Waals surface area contributed by atoms with Crippen molar-refractivity contribution < 1.29 is 0 Å². The highest BCUT2D eigenvalue weighted by Crippen LogP contribution is 2.35. The molecule has 1 heterocycles. The van der Waals surface area contributed by atoms with Gasteiger partial charge in [-0.3, -0.25) is 4.68 Å². The second-order valence-corrected chi connectivity index (χ2v) is 5.12. The van der Waals surface area contributed by atoms with Crippen molar-refractivity contribution in [1.82, 2.24) is 15.1 Å². The molecule has 1 fully saturated rings. The molecule has 1 atom stereocenters. The van der Waals surface area contributed by atoms with E-state index in [1.165, 1.54) is 37.1 Å². The molecule has 1 aromatic heterocycles. The Morgan fingerprint density at radius 1 is 1.41 bits per heavy atom. The lowest BCUT2D eigenvalue weighted by molar-refractivity contribution is 0.356. The SMILES string of the molecule is CCNC(c1cc(CC)nn1C)C1CCCC1. The number of aromatic nitrogens is 2. The van der Waals surface area contributed by atoms with E-state index in [-0.39, 0.29) is 0 Å². The van der Waals surface area contributed by atoms with Crippen LogP contribution in [0.5, 0.6) is 0 Å². The van der Waals surface area contributed by atoms with Gasteiger partial charge in [0.05, 0.1) is 17.4 Å². The molecule has 3 heteroatoms. The van der Waals surface area contributed by atoms with Crippen molar-refractivity contribution in [3.05, 3.63) is 17.5 Å². The first-order valence-electron chi connectivity index (χ1n) is 7.02. The van der Waals surface area contributed by atoms with E-state index in [2.05, 4.69) is 42.1 Å². The van der Waals surface area contributed by atoms with Crippen LogP contribution in [0.4, 0.5) is 0 Å². The summed E-state index contributed by atoms with van der Waals surface area (Å²) in [5.74, 6) is 0.801. The molecule has 96 valence electrons. The standard InChI is InChI=1S/C14H25N3/c1-4-12-10-13(17(3)16-12)14(15-5-2)11-8-6-7-9-11/h10-11,14-15H,4-9H2,1-3H3. The lowest BCUT2D eigenvalue weighted by atomic mass is 9.95. The van der Waals surface area contributed by atoms with Crippen LogP contribution in [0.25, 0.3) is 0 Å². The van der Waals surface area contributed by atoms with Crippen LogP contribution >= 0.6 is 0 Å². The van der Waals surface area contributed by atoms with Gasteiger partial charge < -0.3 is 5.32 Å². The Kier molecular flexibility index (Phi) is 4.21. The Bertz CT molecular complexity index is 350. The fourth-order valence-electron chi connectivity index (χ4n) is 3.03. The van der Waals surface area contributed by atoms with Gasteiger partial charge in [-0.15, -0.1) is 0 Å². The molecule has 1 aliphatic carbocycles. The number of rotatable bonds is 5. The van der Waals surface area contributed by atoms with E-state index in [0.717, 1.165) is 18.9 Å². The van der Waals surface area contributed by atoms with E-state index < -0.39 is 0 Å². The predicted molar refractivity (Wildman–Crippen MR) is 71.0 cm³/mol. The zero-order valence-electron chi connectivity index (χ0n) is 11.4. The third-order valence-corrected chi connectivity index (χ3v) is 3.94. The molecular weight excluding hydrogens is 210 g/mol. The maximum atomic E-state index is 4.58. The monoisotopic (exact) mass is 235 g/mol. The van der Waals surface area contributed by atoms with Gasteiger partial charge in [-0.2, -0.15) is 5.10 Å². The molecule has 0 radical (unpaired) electrons. The van der Waals surface area contributed by atoms with Gasteiger partial charge in [0.15, 0.2) is 0 Å². The molecule has 0 spiro atoms. The van der Waals surface area contributed by atoms with Gasteiger partial charge in [-0.05, 0) is 37.8 Å². The van der Waals surface area contributed by atoms with E-state index in [9.17, 15) is 0 Å². The minimum Gasteiger partial charge on any atom is -0.309 e. The predicted octanol–water partition coefficient (Wildman–Crippen LogP) is 2.82. The second-order valence-electron chi connectivity index (χ2n) is 5.12. The van der Waals surface area contributed by atoms with Gasteiger partial charge in [0.2, 0.25) is 0 Å². The van der Waals surface area contributed by atoms with Gasteiger partial charge in [-0.25, -0.2) is 0 Å². The lowest BCUT2D eigenvalue weighted by Crippen LogP contribution is -2.28. The van der Waals surface area contributed by atoms with E-state index in [1.807, 2.05) is 0 Å². The van der Waals surface area contributed by atoms with E-state index >= 15 is 0 Å². The van der Waals surface area contributed by atoms with Crippen molar-refractivity contribution >= 4 is 0 Å². The highest BCUT2D eigenvalue weighted by atomic mass is 15.3. The number of nitrogens with zero attached hydrogens (tertiary/aromatic N) is 2. The van der Waals surface area contributed by atoms with Gasteiger partial charge in [0.1, 0.15) is 0 Å². The van der Waals surface area contributed by atoms with Crippen molar-refractivity contribution in [1.29, 1.82) is 0 Å². The number of nitrogens with one attached hydrogen (secondary N) is 1. The van der Waals surface area contributed by atoms with Crippen molar-refractivity contribution in [3.8, 4) is 0 Å². The average molecular weight is 235 g/mol. The fourth-order valence-corrected chi connectivity index (χ4v) is 3.03. The molecule has 1 saturated carbocycles. The van der Waals surface area contributed by atoms with E-state index in [1.54, 1.807) is 0 Å². The molecule has 0 saturated heterocycles. The number of aryl methyl sites for hydroxylation is 2. The molecule has 3 nitrogen and oxygen atoms in total. The topological polar surface area (TPSA) is 29.9 Å². The molecule has 2 rings (SSSR count). The molecule has 0 aromatic carbocycles. The molecule has 0 amide bonds. The first kappa shape index (κ1) is 12.6. The minimum absolute atomic E-state index is 0.500. The molecule has 1 N–H and O–H groups in total. The van der Waals surface area contributed by atoms with Gasteiger partial charge in [-0.1, -0.05) is 26.7 Å². The normalized spacial score (nSPS) is 18.8. The second kappa shape index (κ2) is 5.67. The highest BCUT2D eigenvalue weighted by molar-refractivity contribution is 5.15. The van der Waals surface area contributed by atoms with Crippen LogP contribution in [0, 0.1) is 5.92 Å². The summed E-state index contributed by atoms with van der Waals surface area (Å²) in [5.41, 5.74) is 2.58. The quantitative estimate of drug-likeness (QED) is 0.850. The van der Waals surface area contributed by atoms with Gasteiger partial charge in [0, 0.05) is 7.05 Å². The summed E-state index contributed by atoms with van der Waals surface area (Å²) in [4.78, 5) is 0. The van der Waals surface area contributed by atoms with Crippen LogP contribution < -0.4 is 5.32 Å². The molecule has 1 aliphatic rings. The highest BCUT2D eigenvalue weighted by Gasteiger charge is 2.27. The van der Waals surface area contributed by atoms with Crippen molar-refractivity contribution in [2.45, 2.75) is 52.0 Å². The minimum atomic E-state index is 0.500. The zero-order valence-corrected chi connectivity index (χ0v) is 11.4. The summed E-state index contributed by atoms with van der Waals surface area (Å²) < 4.78 is 2.07. The van der Waals surface area contributed by atoms with E-state index in [0.29, 0.717) is 6.04 Å². The van der Waals surface area contributed by atoms with Gasteiger partial charge in [0.25, 0.3) is 0 Å². The number of hydrogen-bond donors (Lipinski definition) is 1. The largest absolute Gasteiger partial charge is 0.309 e. The zero-order chi connectivity index (χ0) is 12.3. The summed E-state index contributed by atoms with van der Waals surface area (Å²) in [7, 11) is 2.08. The first-order chi connectivity index (χ1) is 8.26. The Morgan fingerprint density at radius 3 is 2.65 bits per heavy atom. The summed E-state index contributed by atoms with van der Waals surface area (Å²) in [6, 6.07) is 2.78. The third-order valence-electron chi connectivity index (χ3n) is 3.94. The van der Waals surface area contributed by atoms with Crippen LogP contribution in [0.2, 0.25) is 0 Å². The van der Waals surface area contributed by atoms with Crippen LogP contribution in [0.3, 0.4) is 0 Å². The molecule has 0 aliphatic heterocycles. The Morgan fingerprint density at radius 2 is 2.12 bits per heavy atom. The Balaban J connectivity index is 2.21. The van der Waals surface area contributed by atoms with Crippen molar-refractivity contribution in [3.63, 3.8) is 0 Å². The van der Waals surface area contributed by atoms with Crippen LogP contribution in [0.1, 0.15) is 57.0 Å². The Hall–Kier alpha value is -0.830. The van der Waals surface area contributed by atoms with Gasteiger partial charge >= 0.3 is 0 Å². The van der Waals surface area contributed by atoms with Crippen LogP contribution in [0.15, 0.2) is 6.07 Å². The molecule has 1 aromatic rings. The third kappa shape index (κ3) is 2.71. The number of hydrogen-bond acceptors (Lipinski definition) is 2. The smallest absolute Gasteiger partial charge is 0.0625 e. The maximum absolute atomic E-state index is 4.58. The molecule has 0 bridgehead atoms. The summed E-state index contributed by atoms with van der Waals surface area (Å²) in [6.45, 7) is 5.40. The van der Waals surface area contributed by atoms with E-state index in [4.69, 9.17) is 0 Å². The fraction of sp³-hybridized carbons (Fsp3) is 0.786. The summed E-state index contributed by atoms with van der Waals surface area (Å²) >= 11 is 0. The van der Waals surface area contributed by atoms with Crippen LogP contribution in [-0.4, -0.2) is 16.3 Å².